The number of carboxylic acids is 1. The third-order valence-corrected chi connectivity index (χ3v) is 5.21. The summed E-state index contributed by atoms with van der Waals surface area (Å²) >= 11 is 0. The summed E-state index contributed by atoms with van der Waals surface area (Å²) in [4.78, 5) is 15.6. The minimum atomic E-state index is -0.997. The highest BCUT2D eigenvalue weighted by Crippen LogP contribution is 2.34. The number of aromatic carboxylic acids is 1. The van der Waals surface area contributed by atoms with Gasteiger partial charge in [-0.05, 0) is 31.7 Å². The van der Waals surface area contributed by atoms with Gasteiger partial charge >= 0.3 is 5.97 Å². The van der Waals surface area contributed by atoms with Crippen LogP contribution in [0.1, 0.15) is 42.1 Å². The smallest absolute Gasteiger partial charge is 0.337 e. The molecule has 0 atom stereocenters. The number of aromatic nitrogens is 3. The molecule has 1 fully saturated rings. The average Bonchev–Trinajstić information content (AvgIpc) is 3.13. The van der Waals surface area contributed by atoms with E-state index in [0.717, 1.165) is 42.8 Å². The van der Waals surface area contributed by atoms with Crippen LogP contribution in [0.4, 0.5) is 11.5 Å². The van der Waals surface area contributed by atoms with Crippen LogP contribution in [0.25, 0.3) is 11.3 Å². The lowest BCUT2D eigenvalue weighted by Crippen LogP contribution is -2.28. The summed E-state index contributed by atoms with van der Waals surface area (Å²) in [5.41, 5.74) is 8.55. The van der Waals surface area contributed by atoms with Gasteiger partial charge in [0.25, 0.3) is 0 Å². The summed E-state index contributed by atoms with van der Waals surface area (Å²) in [5, 5.41) is 17.6. The predicted molar refractivity (Wildman–Crippen MR) is 108 cm³/mol. The van der Waals surface area contributed by atoms with Gasteiger partial charge in [-0.1, -0.05) is 30.3 Å². The van der Waals surface area contributed by atoms with Crippen molar-refractivity contribution in [3.63, 3.8) is 0 Å². The number of pyridine rings is 1. The minimum absolute atomic E-state index is 0.176. The zero-order valence-electron chi connectivity index (χ0n) is 15.5. The van der Waals surface area contributed by atoms with Gasteiger partial charge in [0.05, 0.1) is 29.2 Å². The summed E-state index contributed by atoms with van der Waals surface area (Å²) in [6.07, 6.45) is 6.81. The highest BCUT2D eigenvalue weighted by atomic mass is 16.4. The molecule has 0 unspecified atom stereocenters. The molecule has 1 aliphatic rings. The van der Waals surface area contributed by atoms with Crippen molar-refractivity contribution < 1.29 is 9.90 Å². The quantitative estimate of drug-likeness (QED) is 0.624. The zero-order valence-corrected chi connectivity index (χ0v) is 15.5. The second kappa shape index (κ2) is 7.82. The van der Waals surface area contributed by atoms with Crippen molar-refractivity contribution in [1.29, 1.82) is 0 Å². The second-order valence-corrected chi connectivity index (χ2v) is 7.15. The lowest BCUT2D eigenvalue weighted by molar-refractivity contribution is 0.0698. The SMILES string of the molecule is N[C@H]1CC[C@@H](n2nc(-c3ccccc3)cc2Nc2cnccc2C(=O)O)CC1. The number of anilines is 2. The Morgan fingerprint density at radius 3 is 2.61 bits per heavy atom. The van der Waals surface area contributed by atoms with E-state index in [1.165, 1.54) is 18.5 Å². The van der Waals surface area contributed by atoms with Gasteiger partial charge in [-0.15, -0.1) is 0 Å². The lowest BCUT2D eigenvalue weighted by Gasteiger charge is -2.27. The van der Waals surface area contributed by atoms with Gasteiger partial charge in [-0.2, -0.15) is 5.10 Å². The van der Waals surface area contributed by atoms with Crippen LogP contribution in [0.15, 0.2) is 54.9 Å². The number of nitrogens with zero attached hydrogens (tertiary/aromatic N) is 3. The Labute approximate surface area is 163 Å². The number of hydrogen-bond donors (Lipinski definition) is 3. The van der Waals surface area contributed by atoms with E-state index in [1.54, 1.807) is 0 Å². The maximum atomic E-state index is 11.6. The average molecular weight is 377 g/mol. The molecular weight excluding hydrogens is 354 g/mol. The van der Waals surface area contributed by atoms with Crippen LogP contribution in [0.2, 0.25) is 0 Å². The molecule has 144 valence electrons. The van der Waals surface area contributed by atoms with Crippen LogP contribution in [-0.2, 0) is 0 Å². The van der Waals surface area contributed by atoms with Crippen molar-refractivity contribution in [1.82, 2.24) is 14.8 Å². The first-order valence-corrected chi connectivity index (χ1v) is 9.46. The number of carboxylic acid groups (broad SMARTS) is 1. The van der Waals surface area contributed by atoms with Crippen molar-refractivity contribution in [3.8, 4) is 11.3 Å². The Hall–Kier alpha value is -3.19. The van der Waals surface area contributed by atoms with E-state index < -0.39 is 5.97 Å². The third kappa shape index (κ3) is 3.75. The molecule has 7 heteroatoms. The summed E-state index contributed by atoms with van der Waals surface area (Å²) < 4.78 is 1.98. The van der Waals surface area contributed by atoms with Gasteiger partial charge in [0.2, 0.25) is 0 Å². The number of carbonyl (C=O) groups is 1. The van der Waals surface area contributed by atoms with E-state index in [2.05, 4.69) is 10.3 Å². The molecule has 1 saturated carbocycles. The van der Waals surface area contributed by atoms with Gasteiger partial charge in [-0.25, -0.2) is 9.48 Å². The molecule has 7 nitrogen and oxygen atoms in total. The molecule has 2 aromatic heterocycles. The number of nitrogens with two attached hydrogens (primary N) is 1. The topological polar surface area (TPSA) is 106 Å². The van der Waals surface area contributed by atoms with E-state index in [9.17, 15) is 9.90 Å². The molecular formula is C21H23N5O2. The maximum absolute atomic E-state index is 11.6. The molecule has 4 rings (SSSR count). The first kappa shape index (κ1) is 18.2. The van der Waals surface area contributed by atoms with Gasteiger partial charge in [-0.3, -0.25) is 4.98 Å². The molecule has 0 radical (unpaired) electrons. The molecule has 2 heterocycles. The first-order valence-electron chi connectivity index (χ1n) is 9.46. The largest absolute Gasteiger partial charge is 0.478 e. The molecule has 0 aliphatic heterocycles. The molecule has 0 bridgehead atoms. The van der Waals surface area contributed by atoms with Crippen LogP contribution >= 0.6 is 0 Å². The van der Waals surface area contributed by atoms with E-state index in [1.807, 2.05) is 41.1 Å². The van der Waals surface area contributed by atoms with E-state index in [4.69, 9.17) is 10.8 Å². The monoisotopic (exact) mass is 377 g/mol. The van der Waals surface area contributed by atoms with Gasteiger partial charge < -0.3 is 16.2 Å². The molecule has 0 saturated heterocycles. The fraction of sp³-hybridized carbons (Fsp3) is 0.286. The Kier molecular flexibility index (Phi) is 5.08. The van der Waals surface area contributed by atoms with E-state index in [0.29, 0.717) is 5.69 Å². The number of hydrogen-bond acceptors (Lipinski definition) is 5. The molecule has 3 aromatic rings. The molecule has 1 aromatic carbocycles. The molecule has 0 amide bonds. The zero-order chi connectivity index (χ0) is 19.5. The van der Waals surface area contributed by atoms with Crippen LogP contribution in [-0.4, -0.2) is 31.9 Å². The van der Waals surface area contributed by atoms with Crippen molar-refractivity contribution in [2.75, 3.05) is 5.32 Å². The molecule has 28 heavy (non-hydrogen) atoms. The van der Waals surface area contributed by atoms with Gasteiger partial charge in [0.15, 0.2) is 0 Å². The van der Waals surface area contributed by atoms with Crippen LogP contribution in [0.3, 0.4) is 0 Å². The summed E-state index contributed by atoms with van der Waals surface area (Å²) in [7, 11) is 0. The fourth-order valence-corrected chi connectivity index (χ4v) is 3.68. The van der Waals surface area contributed by atoms with Crippen molar-refractivity contribution in [2.24, 2.45) is 5.73 Å². The Morgan fingerprint density at radius 1 is 1.14 bits per heavy atom. The van der Waals surface area contributed by atoms with Gasteiger partial charge in [0.1, 0.15) is 5.82 Å². The first-order chi connectivity index (χ1) is 13.6. The van der Waals surface area contributed by atoms with E-state index >= 15 is 0 Å². The third-order valence-electron chi connectivity index (χ3n) is 5.21. The molecule has 0 spiro atoms. The summed E-state index contributed by atoms with van der Waals surface area (Å²) in [6.45, 7) is 0. The van der Waals surface area contributed by atoms with E-state index in [-0.39, 0.29) is 17.6 Å². The Balaban J connectivity index is 1.72. The van der Waals surface area contributed by atoms with Crippen molar-refractivity contribution in [3.05, 3.63) is 60.4 Å². The lowest BCUT2D eigenvalue weighted by atomic mass is 9.92. The highest BCUT2D eigenvalue weighted by Gasteiger charge is 2.24. The predicted octanol–water partition coefficient (Wildman–Crippen LogP) is 3.83. The second-order valence-electron chi connectivity index (χ2n) is 7.15. The van der Waals surface area contributed by atoms with Crippen LogP contribution in [0, 0.1) is 0 Å². The standard InChI is InChI=1S/C21H23N5O2/c22-15-6-8-16(9-7-15)26-20(12-18(25-26)14-4-2-1-3-5-14)24-19-13-23-11-10-17(19)21(27)28/h1-5,10-13,15-16,24H,6-9,22H2,(H,27,28)/t15-,16+. The van der Waals surface area contributed by atoms with Crippen molar-refractivity contribution >= 4 is 17.5 Å². The normalized spacial score (nSPS) is 19.3. The molecule has 4 N–H and O–H groups in total. The minimum Gasteiger partial charge on any atom is -0.478 e. The summed E-state index contributed by atoms with van der Waals surface area (Å²) in [5.74, 6) is -0.238. The van der Waals surface area contributed by atoms with Gasteiger partial charge in [0, 0.05) is 23.9 Å². The number of nitrogens with one attached hydrogen (secondary N) is 1. The highest BCUT2D eigenvalue weighted by molar-refractivity contribution is 5.94. The fourth-order valence-electron chi connectivity index (χ4n) is 3.68. The van der Waals surface area contributed by atoms with Crippen LogP contribution < -0.4 is 11.1 Å². The summed E-state index contributed by atoms with van der Waals surface area (Å²) in [6, 6.07) is 13.9. The number of benzene rings is 1. The Morgan fingerprint density at radius 2 is 1.89 bits per heavy atom. The van der Waals surface area contributed by atoms with Crippen LogP contribution in [0.5, 0.6) is 0 Å². The molecule has 1 aliphatic carbocycles. The Bertz CT molecular complexity index is 962. The van der Waals surface area contributed by atoms with Crippen molar-refractivity contribution in [2.45, 2.75) is 37.8 Å². The number of rotatable bonds is 5. The maximum Gasteiger partial charge on any atom is 0.337 e.